The van der Waals surface area contributed by atoms with Crippen molar-refractivity contribution in [1.29, 1.82) is 0 Å². The van der Waals surface area contributed by atoms with E-state index in [1.54, 1.807) is 43.3 Å². The summed E-state index contributed by atoms with van der Waals surface area (Å²) in [6.45, 7) is 1.75. The number of ether oxygens (including phenoxy) is 2. The molecule has 0 radical (unpaired) electrons. The maximum atomic E-state index is 13.0. The molecule has 5 nitrogen and oxygen atoms in total. The van der Waals surface area contributed by atoms with Crippen molar-refractivity contribution in [2.75, 3.05) is 0 Å². The molecular formula is C25H17ClO5. The van der Waals surface area contributed by atoms with E-state index in [1.807, 2.05) is 30.3 Å². The Balaban J connectivity index is 1.42. The molecule has 4 aromatic rings. The van der Waals surface area contributed by atoms with Crippen LogP contribution in [0.3, 0.4) is 0 Å². The number of carbonyl (C=O) groups is 1. The van der Waals surface area contributed by atoms with Crippen molar-refractivity contribution in [3.63, 3.8) is 0 Å². The second kappa shape index (κ2) is 7.60. The van der Waals surface area contributed by atoms with E-state index in [0.717, 1.165) is 11.1 Å². The van der Waals surface area contributed by atoms with Crippen molar-refractivity contribution in [3.8, 4) is 22.6 Å². The average Bonchev–Trinajstić information content (AvgIpc) is 3.18. The van der Waals surface area contributed by atoms with Gasteiger partial charge < -0.3 is 13.9 Å². The lowest BCUT2D eigenvalue weighted by Crippen LogP contribution is -2.29. The Kier molecular flexibility index (Phi) is 4.75. The van der Waals surface area contributed by atoms with Crippen LogP contribution in [-0.4, -0.2) is 12.1 Å². The number of halogens is 1. The summed E-state index contributed by atoms with van der Waals surface area (Å²) >= 11 is 6.00. The van der Waals surface area contributed by atoms with Crippen molar-refractivity contribution in [2.24, 2.45) is 0 Å². The van der Waals surface area contributed by atoms with E-state index >= 15 is 0 Å². The summed E-state index contributed by atoms with van der Waals surface area (Å²) in [4.78, 5) is 25.7. The fourth-order valence-corrected chi connectivity index (χ4v) is 4.01. The van der Waals surface area contributed by atoms with E-state index in [4.69, 9.17) is 25.5 Å². The Labute approximate surface area is 182 Å². The van der Waals surface area contributed by atoms with Crippen LogP contribution in [-0.2, 0) is 11.2 Å². The maximum absolute atomic E-state index is 13.0. The molecule has 1 unspecified atom stereocenters. The third-order valence-corrected chi connectivity index (χ3v) is 5.52. The minimum atomic E-state index is -0.752. The SMILES string of the molecule is Cc1oc2cc(OC(=O)C3Cc4cc(Cl)ccc4O3)ccc2c(=O)c1-c1ccccc1. The molecule has 2 heterocycles. The zero-order chi connectivity index (χ0) is 21.5. The molecule has 1 aromatic heterocycles. The summed E-state index contributed by atoms with van der Waals surface area (Å²) in [6.07, 6.45) is -0.366. The molecule has 0 fully saturated rings. The molecule has 1 atom stereocenters. The van der Waals surface area contributed by atoms with Gasteiger partial charge in [-0.15, -0.1) is 0 Å². The van der Waals surface area contributed by atoms with Gasteiger partial charge in [0.2, 0.25) is 5.43 Å². The van der Waals surface area contributed by atoms with Crippen LogP contribution in [0.15, 0.2) is 75.9 Å². The lowest BCUT2D eigenvalue weighted by atomic mass is 10.0. The zero-order valence-electron chi connectivity index (χ0n) is 16.6. The summed E-state index contributed by atoms with van der Waals surface area (Å²) in [5.41, 5.74) is 2.41. The number of hydrogen-bond donors (Lipinski definition) is 0. The molecule has 0 bridgehead atoms. The predicted octanol–water partition coefficient (Wildman–Crippen LogP) is 5.33. The standard InChI is InChI=1S/C25H17ClO5/c1-14-23(15-5-3-2-4-6-15)24(27)19-9-8-18(13-21(19)29-14)30-25(28)22-12-16-11-17(26)7-10-20(16)31-22/h2-11,13,22H,12H2,1H3. The highest BCUT2D eigenvalue weighted by Gasteiger charge is 2.31. The molecule has 6 heteroatoms. The van der Waals surface area contributed by atoms with Gasteiger partial charge in [0.15, 0.2) is 6.10 Å². The van der Waals surface area contributed by atoms with Crippen LogP contribution in [0.1, 0.15) is 11.3 Å². The minimum absolute atomic E-state index is 0.130. The lowest BCUT2D eigenvalue weighted by Gasteiger charge is -2.11. The minimum Gasteiger partial charge on any atom is -0.478 e. The summed E-state index contributed by atoms with van der Waals surface area (Å²) < 4.78 is 17.1. The molecular weight excluding hydrogens is 416 g/mol. The van der Waals surface area contributed by atoms with Crippen LogP contribution in [0.4, 0.5) is 0 Å². The Morgan fingerprint density at radius 3 is 2.68 bits per heavy atom. The van der Waals surface area contributed by atoms with Crippen LogP contribution in [0.2, 0.25) is 5.02 Å². The van der Waals surface area contributed by atoms with Crippen molar-refractivity contribution in [3.05, 3.63) is 93.3 Å². The van der Waals surface area contributed by atoms with Crippen LogP contribution in [0, 0.1) is 6.92 Å². The highest BCUT2D eigenvalue weighted by Crippen LogP contribution is 2.32. The Hall–Kier alpha value is -3.57. The highest BCUT2D eigenvalue weighted by molar-refractivity contribution is 6.30. The first-order valence-corrected chi connectivity index (χ1v) is 10.2. The zero-order valence-corrected chi connectivity index (χ0v) is 17.3. The topological polar surface area (TPSA) is 65.7 Å². The van der Waals surface area contributed by atoms with Gasteiger partial charge in [0.25, 0.3) is 0 Å². The van der Waals surface area contributed by atoms with Gasteiger partial charge in [0.05, 0.1) is 10.9 Å². The molecule has 0 amide bonds. The lowest BCUT2D eigenvalue weighted by molar-refractivity contribution is -0.141. The van der Waals surface area contributed by atoms with Gasteiger partial charge in [-0.3, -0.25) is 4.79 Å². The van der Waals surface area contributed by atoms with Gasteiger partial charge in [-0.05, 0) is 48.4 Å². The van der Waals surface area contributed by atoms with E-state index in [1.165, 1.54) is 0 Å². The second-order valence-corrected chi connectivity index (χ2v) is 7.81. The van der Waals surface area contributed by atoms with Gasteiger partial charge >= 0.3 is 5.97 Å². The van der Waals surface area contributed by atoms with Gasteiger partial charge in [0, 0.05) is 17.5 Å². The van der Waals surface area contributed by atoms with Gasteiger partial charge in [0.1, 0.15) is 22.8 Å². The molecule has 0 saturated heterocycles. The Morgan fingerprint density at radius 2 is 1.87 bits per heavy atom. The molecule has 0 saturated carbocycles. The predicted molar refractivity (Wildman–Crippen MR) is 118 cm³/mol. The number of hydrogen-bond acceptors (Lipinski definition) is 5. The molecule has 5 rings (SSSR count). The highest BCUT2D eigenvalue weighted by atomic mass is 35.5. The van der Waals surface area contributed by atoms with Crippen molar-refractivity contribution >= 4 is 28.5 Å². The quantitative estimate of drug-likeness (QED) is 0.323. The Bertz CT molecular complexity index is 1370. The van der Waals surface area contributed by atoms with Crippen molar-refractivity contribution < 1.29 is 18.7 Å². The molecule has 1 aliphatic rings. The van der Waals surface area contributed by atoms with E-state index in [2.05, 4.69) is 0 Å². The van der Waals surface area contributed by atoms with E-state index in [9.17, 15) is 9.59 Å². The largest absolute Gasteiger partial charge is 0.478 e. The third-order valence-electron chi connectivity index (χ3n) is 5.28. The summed E-state index contributed by atoms with van der Waals surface area (Å²) in [5.74, 6) is 0.885. The van der Waals surface area contributed by atoms with Crippen molar-refractivity contribution in [1.82, 2.24) is 0 Å². The summed E-state index contributed by atoms with van der Waals surface area (Å²) in [6, 6.07) is 19.4. The first kappa shape index (κ1) is 19.4. The molecule has 31 heavy (non-hydrogen) atoms. The molecule has 154 valence electrons. The first-order chi connectivity index (χ1) is 15.0. The van der Waals surface area contributed by atoms with Crippen LogP contribution in [0.5, 0.6) is 11.5 Å². The number of aryl methyl sites for hydroxylation is 1. The van der Waals surface area contributed by atoms with Gasteiger partial charge in [-0.2, -0.15) is 0 Å². The maximum Gasteiger partial charge on any atom is 0.353 e. The third kappa shape index (κ3) is 3.57. The Morgan fingerprint density at radius 1 is 1.06 bits per heavy atom. The number of rotatable bonds is 3. The molecule has 0 N–H and O–H groups in total. The van der Waals surface area contributed by atoms with Crippen molar-refractivity contribution in [2.45, 2.75) is 19.4 Å². The molecule has 1 aliphatic heterocycles. The number of esters is 1. The van der Waals surface area contributed by atoms with E-state index < -0.39 is 12.1 Å². The number of benzene rings is 3. The first-order valence-electron chi connectivity index (χ1n) is 9.79. The number of fused-ring (bicyclic) bond motifs is 2. The molecule has 0 spiro atoms. The van der Waals surface area contributed by atoms with Gasteiger partial charge in [-0.25, -0.2) is 4.79 Å². The van der Waals surface area contributed by atoms with E-state index in [0.29, 0.717) is 39.5 Å². The monoisotopic (exact) mass is 432 g/mol. The fraction of sp³-hybridized carbons (Fsp3) is 0.120. The molecule has 3 aromatic carbocycles. The number of carbonyl (C=O) groups excluding carboxylic acids is 1. The average molecular weight is 433 g/mol. The summed E-state index contributed by atoms with van der Waals surface area (Å²) in [7, 11) is 0. The van der Waals surface area contributed by atoms with Crippen LogP contribution in [0.25, 0.3) is 22.1 Å². The molecule has 0 aliphatic carbocycles. The van der Waals surface area contributed by atoms with Crippen LogP contribution < -0.4 is 14.9 Å². The van der Waals surface area contributed by atoms with Crippen LogP contribution >= 0.6 is 11.6 Å². The smallest absolute Gasteiger partial charge is 0.353 e. The van der Waals surface area contributed by atoms with Gasteiger partial charge in [-0.1, -0.05) is 41.9 Å². The van der Waals surface area contributed by atoms with E-state index in [-0.39, 0.29) is 11.2 Å². The fourth-order valence-electron chi connectivity index (χ4n) is 3.82. The summed E-state index contributed by atoms with van der Waals surface area (Å²) in [5, 5.41) is 1.01. The normalized spacial score (nSPS) is 14.8. The second-order valence-electron chi connectivity index (χ2n) is 7.37.